The Bertz CT molecular complexity index is 440. The van der Waals surface area contributed by atoms with Crippen LogP contribution in [0.3, 0.4) is 0 Å². The number of nitrogens with zero attached hydrogens (tertiary/aromatic N) is 1. The number of hydrogen-bond donors (Lipinski definition) is 0. The van der Waals surface area contributed by atoms with Crippen molar-refractivity contribution in [2.24, 2.45) is 5.92 Å². The fraction of sp³-hybridized carbons (Fsp3) is 0.333. The van der Waals surface area contributed by atoms with E-state index in [-0.39, 0.29) is 18.9 Å². The lowest BCUT2D eigenvalue weighted by Gasteiger charge is -2.17. The number of benzene rings is 1. The highest BCUT2D eigenvalue weighted by atomic mass is 16.5. The van der Waals surface area contributed by atoms with Crippen LogP contribution in [0.4, 0.5) is 5.69 Å². The third kappa shape index (κ3) is 2.22. The molecule has 5 heteroatoms. The first kappa shape index (κ1) is 11.4. The zero-order valence-corrected chi connectivity index (χ0v) is 9.38. The van der Waals surface area contributed by atoms with E-state index in [1.54, 1.807) is 31.4 Å². The number of methoxy groups -OCH3 is 1. The van der Waals surface area contributed by atoms with E-state index in [2.05, 4.69) is 0 Å². The number of aliphatic carboxylic acids is 1. The molecule has 1 saturated heterocycles. The molecule has 5 nitrogen and oxygen atoms in total. The number of carboxylic acids is 1. The number of rotatable bonds is 3. The zero-order valence-electron chi connectivity index (χ0n) is 9.38. The monoisotopic (exact) mass is 234 g/mol. The second-order valence-electron chi connectivity index (χ2n) is 3.92. The number of anilines is 1. The van der Waals surface area contributed by atoms with Gasteiger partial charge in [0.1, 0.15) is 5.75 Å². The Morgan fingerprint density at radius 3 is 2.53 bits per heavy atom. The fourth-order valence-corrected chi connectivity index (χ4v) is 1.88. The first-order chi connectivity index (χ1) is 8.11. The van der Waals surface area contributed by atoms with Crippen LogP contribution < -0.4 is 14.7 Å². The molecular formula is C12H12NO4-. The second kappa shape index (κ2) is 4.45. The van der Waals surface area contributed by atoms with Gasteiger partial charge >= 0.3 is 0 Å². The minimum Gasteiger partial charge on any atom is -0.550 e. The minimum absolute atomic E-state index is 0.00830. The summed E-state index contributed by atoms with van der Waals surface area (Å²) in [6.07, 6.45) is 0.00830. The van der Waals surface area contributed by atoms with Crippen molar-refractivity contribution < 1.29 is 19.4 Å². The van der Waals surface area contributed by atoms with Gasteiger partial charge in [0, 0.05) is 30.5 Å². The van der Waals surface area contributed by atoms with Gasteiger partial charge in [-0.2, -0.15) is 0 Å². The molecule has 1 aliphatic rings. The van der Waals surface area contributed by atoms with Crippen LogP contribution >= 0.6 is 0 Å². The third-order valence-electron chi connectivity index (χ3n) is 2.84. The maximum Gasteiger partial charge on any atom is 0.227 e. The number of ether oxygens (including phenoxy) is 1. The Morgan fingerprint density at radius 1 is 1.41 bits per heavy atom. The summed E-state index contributed by atoms with van der Waals surface area (Å²) in [6, 6.07) is 6.92. The van der Waals surface area contributed by atoms with Crippen molar-refractivity contribution in [2.75, 3.05) is 18.6 Å². The maximum absolute atomic E-state index is 11.6. The summed E-state index contributed by atoms with van der Waals surface area (Å²) >= 11 is 0. The van der Waals surface area contributed by atoms with E-state index >= 15 is 0 Å². The van der Waals surface area contributed by atoms with Gasteiger partial charge in [0.15, 0.2) is 0 Å². The van der Waals surface area contributed by atoms with Crippen molar-refractivity contribution in [3.8, 4) is 5.75 Å². The lowest BCUT2D eigenvalue weighted by Crippen LogP contribution is -2.33. The van der Waals surface area contributed by atoms with Gasteiger partial charge in [-0.3, -0.25) is 4.79 Å². The summed E-state index contributed by atoms with van der Waals surface area (Å²) in [5, 5.41) is 10.7. The van der Waals surface area contributed by atoms with Crippen LogP contribution in [-0.4, -0.2) is 25.5 Å². The lowest BCUT2D eigenvalue weighted by atomic mass is 10.1. The topological polar surface area (TPSA) is 69.7 Å². The molecule has 0 saturated carbocycles. The van der Waals surface area contributed by atoms with E-state index in [1.165, 1.54) is 4.90 Å². The molecular weight excluding hydrogens is 222 g/mol. The first-order valence-electron chi connectivity index (χ1n) is 5.27. The molecule has 17 heavy (non-hydrogen) atoms. The molecule has 0 aliphatic carbocycles. The van der Waals surface area contributed by atoms with Crippen molar-refractivity contribution in [1.82, 2.24) is 0 Å². The van der Waals surface area contributed by atoms with Crippen LogP contribution in [0.15, 0.2) is 24.3 Å². The molecule has 1 heterocycles. The summed E-state index contributed by atoms with van der Waals surface area (Å²) in [5.41, 5.74) is 0.680. The molecule has 1 fully saturated rings. The van der Waals surface area contributed by atoms with Gasteiger partial charge in [-0.05, 0) is 24.3 Å². The van der Waals surface area contributed by atoms with Gasteiger partial charge in [-0.1, -0.05) is 0 Å². The van der Waals surface area contributed by atoms with Crippen LogP contribution in [0.5, 0.6) is 5.75 Å². The van der Waals surface area contributed by atoms with Crippen molar-refractivity contribution in [3.05, 3.63) is 24.3 Å². The number of amides is 1. The van der Waals surface area contributed by atoms with Crippen LogP contribution in [-0.2, 0) is 9.59 Å². The van der Waals surface area contributed by atoms with E-state index in [4.69, 9.17) is 4.74 Å². The Kier molecular flexibility index (Phi) is 2.99. The van der Waals surface area contributed by atoms with Gasteiger partial charge in [-0.15, -0.1) is 0 Å². The van der Waals surface area contributed by atoms with Crippen LogP contribution in [0.25, 0.3) is 0 Å². The molecule has 1 amide bonds. The molecule has 1 atom stereocenters. The smallest absolute Gasteiger partial charge is 0.227 e. The van der Waals surface area contributed by atoms with Crippen molar-refractivity contribution in [3.63, 3.8) is 0 Å². The highest BCUT2D eigenvalue weighted by Crippen LogP contribution is 2.26. The zero-order chi connectivity index (χ0) is 12.4. The Morgan fingerprint density at radius 2 is 2.06 bits per heavy atom. The molecule has 0 aromatic heterocycles. The van der Waals surface area contributed by atoms with E-state index in [9.17, 15) is 14.7 Å². The molecule has 0 unspecified atom stereocenters. The van der Waals surface area contributed by atoms with Gasteiger partial charge in [0.05, 0.1) is 7.11 Å². The summed E-state index contributed by atoms with van der Waals surface area (Å²) in [4.78, 5) is 23.8. The second-order valence-corrected chi connectivity index (χ2v) is 3.92. The molecule has 0 spiro atoms. The van der Waals surface area contributed by atoms with E-state index in [0.717, 1.165) is 0 Å². The number of hydrogen-bond acceptors (Lipinski definition) is 4. The normalized spacial score (nSPS) is 19.5. The largest absolute Gasteiger partial charge is 0.550 e. The SMILES string of the molecule is COc1ccc(N2C[C@H](C(=O)[O-])CC2=O)cc1. The van der Waals surface area contributed by atoms with Crippen molar-refractivity contribution in [1.29, 1.82) is 0 Å². The predicted molar refractivity (Wildman–Crippen MR) is 58.5 cm³/mol. The number of carbonyl (C=O) groups is 2. The van der Waals surface area contributed by atoms with E-state index in [0.29, 0.717) is 11.4 Å². The van der Waals surface area contributed by atoms with E-state index < -0.39 is 11.9 Å². The van der Waals surface area contributed by atoms with Crippen molar-refractivity contribution in [2.45, 2.75) is 6.42 Å². The summed E-state index contributed by atoms with van der Waals surface area (Å²) in [7, 11) is 1.56. The van der Waals surface area contributed by atoms with E-state index in [1.807, 2.05) is 0 Å². The quantitative estimate of drug-likeness (QED) is 0.726. The number of carboxylic acid groups (broad SMARTS) is 1. The van der Waals surface area contributed by atoms with Crippen LogP contribution in [0.2, 0.25) is 0 Å². The standard InChI is InChI=1S/C12H13NO4/c1-17-10-4-2-9(3-5-10)13-7-8(12(15)16)6-11(13)14/h2-5,8H,6-7H2,1H3,(H,15,16)/p-1/t8-/m1/s1. The summed E-state index contributed by atoms with van der Waals surface area (Å²) in [5.74, 6) is -1.39. The average Bonchev–Trinajstić information content (AvgIpc) is 2.72. The highest BCUT2D eigenvalue weighted by Gasteiger charge is 2.31. The van der Waals surface area contributed by atoms with Crippen LogP contribution in [0, 0.1) is 5.92 Å². The minimum atomic E-state index is -1.17. The molecule has 1 aliphatic heterocycles. The summed E-state index contributed by atoms with van der Waals surface area (Å²) < 4.78 is 5.01. The van der Waals surface area contributed by atoms with Gasteiger partial charge in [0.25, 0.3) is 0 Å². The van der Waals surface area contributed by atoms with Gasteiger partial charge < -0.3 is 19.5 Å². The molecule has 2 rings (SSSR count). The molecule has 1 aromatic rings. The first-order valence-corrected chi connectivity index (χ1v) is 5.27. The third-order valence-corrected chi connectivity index (χ3v) is 2.84. The van der Waals surface area contributed by atoms with Gasteiger partial charge in [0.2, 0.25) is 5.91 Å². The highest BCUT2D eigenvalue weighted by molar-refractivity contribution is 5.98. The molecule has 0 N–H and O–H groups in total. The number of carbonyl (C=O) groups excluding carboxylic acids is 2. The molecule has 1 aromatic carbocycles. The summed E-state index contributed by atoms with van der Waals surface area (Å²) in [6.45, 7) is 0.174. The average molecular weight is 234 g/mol. The molecule has 90 valence electrons. The van der Waals surface area contributed by atoms with Crippen molar-refractivity contribution >= 4 is 17.6 Å². The lowest BCUT2D eigenvalue weighted by molar-refractivity contribution is -0.310. The predicted octanol–water partition coefficient (Wildman–Crippen LogP) is -0.202. The maximum atomic E-state index is 11.6. The Hall–Kier alpha value is -2.04. The Balaban J connectivity index is 2.17. The van der Waals surface area contributed by atoms with Gasteiger partial charge in [-0.25, -0.2) is 0 Å². The molecule has 0 radical (unpaired) electrons. The van der Waals surface area contributed by atoms with Crippen LogP contribution in [0.1, 0.15) is 6.42 Å². The molecule has 0 bridgehead atoms. The Labute approximate surface area is 98.6 Å². The fourth-order valence-electron chi connectivity index (χ4n) is 1.88.